The fraction of sp³-hybridized carbons (Fsp3) is 0.333. The normalized spacial score (nSPS) is 14.5. The Morgan fingerprint density at radius 3 is 2.87 bits per heavy atom. The monoisotopic (exact) mass is 344 g/mol. The molecule has 1 aliphatic rings. The van der Waals surface area contributed by atoms with Crippen molar-refractivity contribution in [1.29, 1.82) is 0 Å². The highest BCUT2D eigenvalue weighted by molar-refractivity contribution is 7.18. The molecule has 0 bridgehead atoms. The molecule has 23 heavy (non-hydrogen) atoms. The molecule has 0 aliphatic heterocycles. The number of aromatic nitrogens is 2. The Labute approximate surface area is 144 Å². The minimum absolute atomic E-state index is 0.663. The first-order valence-electron chi connectivity index (χ1n) is 7.91. The molecule has 2 heterocycles. The molecule has 118 valence electrons. The Morgan fingerprint density at radius 2 is 2.00 bits per heavy atom. The molecular formula is C18H17ClN2OS. The number of fused-ring (bicyclic) bond motifs is 3. The zero-order chi connectivity index (χ0) is 15.8. The minimum atomic E-state index is 0.663. The number of nitrogens with zero attached hydrogens (tertiary/aromatic N) is 2. The van der Waals surface area contributed by atoms with Gasteiger partial charge in [0.2, 0.25) is 5.88 Å². The van der Waals surface area contributed by atoms with Crippen molar-refractivity contribution < 1.29 is 4.74 Å². The molecule has 0 saturated carbocycles. The largest absolute Gasteiger partial charge is 0.438 e. The lowest BCUT2D eigenvalue weighted by atomic mass is 10.1. The lowest BCUT2D eigenvalue weighted by Gasteiger charge is -2.08. The molecule has 2 aromatic heterocycles. The van der Waals surface area contributed by atoms with Gasteiger partial charge in [0, 0.05) is 9.90 Å². The molecule has 0 saturated heterocycles. The van der Waals surface area contributed by atoms with Crippen LogP contribution in [0.4, 0.5) is 0 Å². The number of halogens is 1. The molecule has 3 aromatic rings. The summed E-state index contributed by atoms with van der Waals surface area (Å²) in [5.74, 6) is 1.43. The van der Waals surface area contributed by atoms with E-state index in [0.29, 0.717) is 5.88 Å². The Balaban J connectivity index is 1.80. The van der Waals surface area contributed by atoms with Crippen molar-refractivity contribution in [3.05, 3.63) is 45.6 Å². The maximum atomic E-state index is 6.09. The number of ether oxygens (including phenoxy) is 1. The zero-order valence-corrected chi connectivity index (χ0v) is 14.5. The second kappa shape index (κ2) is 6.10. The molecule has 0 atom stereocenters. The molecule has 1 aliphatic carbocycles. The summed E-state index contributed by atoms with van der Waals surface area (Å²) in [7, 11) is 0. The predicted octanol–water partition coefficient (Wildman–Crippen LogP) is 5.71. The van der Waals surface area contributed by atoms with E-state index >= 15 is 0 Å². The van der Waals surface area contributed by atoms with Crippen LogP contribution in [0.5, 0.6) is 11.6 Å². The van der Waals surface area contributed by atoms with Crippen LogP contribution in [0.15, 0.2) is 24.5 Å². The van der Waals surface area contributed by atoms with Crippen LogP contribution >= 0.6 is 22.9 Å². The van der Waals surface area contributed by atoms with Gasteiger partial charge >= 0.3 is 0 Å². The van der Waals surface area contributed by atoms with Crippen molar-refractivity contribution in [2.24, 2.45) is 0 Å². The van der Waals surface area contributed by atoms with Gasteiger partial charge in [-0.15, -0.1) is 11.3 Å². The number of benzene rings is 1. The van der Waals surface area contributed by atoms with Crippen molar-refractivity contribution >= 4 is 33.2 Å². The van der Waals surface area contributed by atoms with E-state index in [0.717, 1.165) is 39.4 Å². The standard InChI is InChI=1S/C18H17ClN2OS/c1-11-9-12(7-8-14(11)19)22-17-16-13-5-3-2-4-6-15(13)23-18(16)21-10-20-17/h7-10H,2-6H2,1H3. The van der Waals surface area contributed by atoms with Gasteiger partial charge in [-0.1, -0.05) is 18.0 Å². The summed E-state index contributed by atoms with van der Waals surface area (Å²) < 4.78 is 6.09. The van der Waals surface area contributed by atoms with Crippen LogP contribution in [-0.2, 0) is 12.8 Å². The van der Waals surface area contributed by atoms with E-state index in [1.807, 2.05) is 25.1 Å². The third-order valence-corrected chi connectivity index (χ3v) is 5.93. The van der Waals surface area contributed by atoms with Crippen LogP contribution in [0.2, 0.25) is 5.02 Å². The highest BCUT2D eigenvalue weighted by Crippen LogP contribution is 2.39. The van der Waals surface area contributed by atoms with Gasteiger partial charge in [0.05, 0.1) is 5.39 Å². The molecule has 0 N–H and O–H groups in total. The van der Waals surface area contributed by atoms with Gasteiger partial charge in [-0.2, -0.15) is 0 Å². The Hall–Kier alpha value is -1.65. The highest BCUT2D eigenvalue weighted by Gasteiger charge is 2.20. The van der Waals surface area contributed by atoms with Crippen molar-refractivity contribution in [2.45, 2.75) is 39.0 Å². The molecule has 0 fully saturated rings. The first-order valence-corrected chi connectivity index (χ1v) is 9.11. The minimum Gasteiger partial charge on any atom is -0.438 e. The molecule has 0 amide bonds. The van der Waals surface area contributed by atoms with Gasteiger partial charge in [0.25, 0.3) is 0 Å². The maximum Gasteiger partial charge on any atom is 0.231 e. The summed E-state index contributed by atoms with van der Waals surface area (Å²) >= 11 is 7.89. The van der Waals surface area contributed by atoms with Crippen LogP contribution in [0, 0.1) is 6.92 Å². The van der Waals surface area contributed by atoms with E-state index in [1.54, 1.807) is 17.7 Å². The Morgan fingerprint density at radius 1 is 1.13 bits per heavy atom. The quantitative estimate of drug-likeness (QED) is 0.558. The third-order valence-electron chi connectivity index (χ3n) is 4.31. The van der Waals surface area contributed by atoms with Gasteiger partial charge in [-0.3, -0.25) is 0 Å². The van der Waals surface area contributed by atoms with Crippen LogP contribution in [-0.4, -0.2) is 9.97 Å². The molecule has 0 spiro atoms. The van der Waals surface area contributed by atoms with Crippen LogP contribution < -0.4 is 4.74 Å². The number of rotatable bonds is 2. The second-order valence-corrected chi connectivity index (χ2v) is 7.43. The number of hydrogen-bond donors (Lipinski definition) is 0. The van der Waals surface area contributed by atoms with Crippen LogP contribution in [0.3, 0.4) is 0 Å². The summed E-state index contributed by atoms with van der Waals surface area (Å²) in [5, 5.41) is 1.84. The van der Waals surface area contributed by atoms with E-state index in [1.165, 1.54) is 29.7 Å². The van der Waals surface area contributed by atoms with Crippen molar-refractivity contribution in [3.63, 3.8) is 0 Å². The average Bonchev–Trinajstić information content (AvgIpc) is 2.74. The summed E-state index contributed by atoms with van der Waals surface area (Å²) in [5.41, 5.74) is 2.39. The Kier molecular flexibility index (Phi) is 3.95. The molecule has 1 aromatic carbocycles. The summed E-state index contributed by atoms with van der Waals surface area (Å²) in [6, 6.07) is 5.69. The molecule has 0 unspecified atom stereocenters. The topological polar surface area (TPSA) is 35.0 Å². The number of thiophene rings is 1. The summed E-state index contributed by atoms with van der Waals surface area (Å²) in [6.45, 7) is 1.97. The molecule has 5 heteroatoms. The molecular weight excluding hydrogens is 328 g/mol. The van der Waals surface area contributed by atoms with Gasteiger partial charge in [-0.05, 0) is 61.9 Å². The van der Waals surface area contributed by atoms with Crippen LogP contribution in [0.25, 0.3) is 10.2 Å². The fourth-order valence-electron chi connectivity index (χ4n) is 3.11. The molecule has 3 nitrogen and oxygen atoms in total. The average molecular weight is 345 g/mol. The Bertz CT molecular complexity index is 875. The van der Waals surface area contributed by atoms with Crippen molar-refractivity contribution in [2.75, 3.05) is 0 Å². The zero-order valence-electron chi connectivity index (χ0n) is 12.9. The van der Waals surface area contributed by atoms with E-state index < -0.39 is 0 Å². The predicted molar refractivity (Wildman–Crippen MR) is 94.9 cm³/mol. The molecule has 4 rings (SSSR count). The van der Waals surface area contributed by atoms with E-state index in [9.17, 15) is 0 Å². The molecule has 0 radical (unpaired) electrons. The SMILES string of the molecule is Cc1cc(Oc2ncnc3sc4c(c23)CCCCC4)ccc1Cl. The maximum absolute atomic E-state index is 6.09. The second-order valence-electron chi connectivity index (χ2n) is 5.94. The van der Waals surface area contributed by atoms with Gasteiger partial charge in [-0.25, -0.2) is 9.97 Å². The fourth-order valence-corrected chi connectivity index (χ4v) is 4.44. The van der Waals surface area contributed by atoms with E-state index in [4.69, 9.17) is 16.3 Å². The van der Waals surface area contributed by atoms with Crippen molar-refractivity contribution in [1.82, 2.24) is 9.97 Å². The van der Waals surface area contributed by atoms with Gasteiger partial charge in [0.15, 0.2) is 0 Å². The van der Waals surface area contributed by atoms with Crippen molar-refractivity contribution in [3.8, 4) is 11.6 Å². The lowest BCUT2D eigenvalue weighted by molar-refractivity contribution is 0.467. The van der Waals surface area contributed by atoms with Gasteiger partial charge < -0.3 is 4.74 Å². The van der Waals surface area contributed by atoms with Gasteiger partial charge in [0.1, 0.15) is 16.9 Å². The first kappa shape index (κ1) is 14.9. The first-order chi connectivity index (χ1) is 11.2. The highest BCUT2D eigenvalue weighted by atomic mass is 35.5. The number of aryl methyl sites for hydroxylation is 3. The van der Waals surface area contributed by atoms with E-state index in [2.05, 4.69) is 9.97 Å². The smallest absolute Gasteiger partial charge is 0.231 e. The third kappa shape index (κ3) is 2.81. The van der Waals surface area contributed by atoms with E-state index in [-0.39, 0.29) is 0 Å². The summed E-state index contributed by atoms with van der Waals surface area (Å²) in [6.07, 6.45) is 7.63. The van der Waals surface area contributed by atoms with Crippen LogP contribution in [0.1, 0.15) is 35.3 Å². The lowest BCUT2D eigenvalue weighted by Crippen LogP contribution is -1.93. The summed E-state index contributed by atoms with van der Waals surface area (Å²) in [4.78, 5) is 11.4. The number of hydrogen-bond acceptors (Lipinski definition) is 4.